The Morgan fingerprint density at radius 3 is 2.85 bits per heavy atom. The smallest absolute Gasteiger partial charge is 0.0619 e. The van der Waals surface area contributed by atoms with E-state index in [1.807, 2.05) is 13.8 Å². The quantitative estimate of drug-likeness (QED) is 0.687. The molecule has 0 spiro atoms. The van der Waals surface area contributed by atoms with E-state index in [9.17, 15) is 5.11 Å². The Hall–Kier alpha value is -0.120. The van der Waals surface area contributed by atoms with Crippen molar-refractivity contribution < 1.29 is 9.84 Å². The molecule has 0 radical (unpaired) electrons. The molecule has 3 nitrogen and oxygen atoms in total. The summed E-state index contributed by atoms with van der Waals surface area (Å²) in [7, 11) is 0. The lowest BCUT2D eigenvalue weighted by Crippen LogP contribution is -2.39. The lowest BCUT2D eigenvalue weighted by Gasteiger charge is -2.25. The number of rotatable bonds is 4. The number of nitrogens with one attached hydrogen (secondary N) is 1. The predicted molar refractivity (Wildman–Crippen MR) is 52.8 cm³/mol. The maximum atomic E-state index is 9.48. The molecule has 1 atom stereocenters. The summed E-state index contributed by atoms with van der Waals surface area (Å²) in [5.74, 6) is 0. The lowest BCUT2D eigenvalue weighted by atomic mass is 10.0. The van der Waals surface area contributed by atoms with Crippen molar-refractivity contribution in [3.63, 3.8) is 0 Å². The maximum absolute atomic E-state index is 9.48. The molecule has 78 valence electrons. The van der Waals surface area contributed by atoms with Gasteiger partial charge in [0.2, 0.25) is 0 Å². The molecule has 1 aliphatic heterocycles. The van der Waals surface area contributed by atoms with Gasteiger partial charge in [-0.3, -0.25) is 0 Å². The zero-order valence-corrected chi connectivity index (χ0v) is 8.68. The second kappa shape index (κ2) is 4.94. The molecule has 1 heterocycles. The van der Waals surface area contributed by atoms with E-state index < -0.39 is 5.60 Å². The van der Waals surface area contributed by atoms with E-state index in [2.05, 4.69) is 5.32 Å². The number of hydrogen-bond acceptors (Lipinski definition) is 3. The fourth-order valence-electron chi connectivity index (χ4n) is 1.48. The van der Waals surface area contributed by atoms with E-state index in [0.717, 1.165) is 32.6 Å². The van der Waals surface area contributed by atoms with E-state index in [-0.39, 0.29) is 0 Å². The standard InChI is InChI=1S/C10H21NO2/c1-10(2,12)5-6-11-9-4-3-7-13-8-9/h9,11-12H,3-8H2,1-2H3. The molecule has 1 saturated heterocycles. The summed E-state index contributed by atoms with van der Waals surface area (Å²) >= 11 is 0. The number of aliphatic hydroxyl groups is 1. The van der Waals surface area contributed by atoms with Crippen LogP contribution in [0.25, 0.3) is 0 Å². The number of hydrogen-bond donors (Lipinski definition) is 2. The van der Waals surface area contributed by atoms with E-state index in [1.54, 1.807) is 0 Å². The Bertz CT molecular complexity index is 136. The zero-order valence-electron chi connectivity index (χ0n) is 8.68. The average Bonchev–Trinajstić information content (AvgIpc) is 2.04. The highest BCUT2D eigenvalue weighted by Gasteiger charge is 2.15. The molecule has 13 heavy (non-hydrogen) atoms. The summed E-state index contributed by atoms with van der Waals surface area (Å²) in [5, 5.41) is 12.9. The van der Waals surface area contributed by atoms with Gasteiger partial charge in [0.1, 0.15) is 0 Å². The van der Waals surface area contributed by atoms with Crippen molar-refractivity contribution in [2.45, 2.75) is 44.8 Å². The van der Waals surface area contributed by atoms with Crippen LogP contribution < -0.4 is 5.32 Å². The van der Waals surface area contributed by atoms with E-state index in [0.29, 0.717) is 6.04 Å². The minimum atomic E-state index is -0.553. The molecule has 0 aromatic heterocycles. The molecular formula is C10H21NO2. The Balaban J connectivity index is 2.04. The monoisotopic (exact) mass is 187 g/mol. The van der Waals surface area contributed by atoms with Gasteiger partial charge < -0.3 is 15.2 Å². The molecule has 2 N–H and O–H groups in total. The lowest BCUT2D eigenvalue weighted by molar-refractivity contribution is 0.0549. The fraction of sp³-hybridized carbons (Fsp3) is 1.00. The fourth-order valence-corrected chi connectivity index (χ4v) is 1.48. The zero-order chi connectivity index (χ0) is 9.73. The van der Waals surface area contributed by atoms with Crippen molar-refractivity contribution in [3.8, 4) is 0 Å². The van der Waals surface area contributed by atoms with E-state index in [4.69, 9.17) is 4.74 Å². The normalized spacial score (nSPS) is 24.7. The summed E-state index contributed by atoms with van der Waals surface area (Å²) < 4.78 is 5.34. The van der Waals surface area contributed by atoms with E-state index in [1.165, 1.54) is 6.42 Å². The number of ether oxygens (including phenoxy) is 1. The van der Waals surface area contributed by atoms with Crippen LogP contribution in [0.1, 0.15) is 33.1 Å². The van der Waals surface area contributed by atoms with Crippen LogP contribution in [-0.2, 0) is 4.74 Å². The van der Waals surface area contributed by atoms with Gasteiger partial charge in [0.05, 0.1) is 12.2 Å². The molecule has 0 amide bonds. The summed E-state index contributed by atoms with van der Waals surface area (Å²) in [5.41, 5.74) is -0.553. The van der Waals surface area contributed by atoms with Crippen LogP contribution in [-0.4, -0.2) is 36.5 Å². The highest BCUT2D eigenvalue weighted by atomic mass is 16.5. The largest absolute Gasteiger partial charge is 0.390 e. The first-order chi connectivity index (χ1) is 6.08. The third-order valence-electron chi connectivity index (χ3n) is 2.33. The van der Waals surface area contributed by atoms with Gasteiger partial charge in [-0.1, -0.05) is 0 Å². The van der Waals surface area contributed by atoms with Crippen LogP contribution in [0.3, 0.4) is 0 Å². The first-order valence-corrected chi connectivity index (χ1v) is 5.11. The Morgan fingerprint density at radius 2 is 2.31 bits per heavy atom. The molecule has 3 heteroatoms. The molecule has 1 rings (SSSR count). The summed E-state index contributed by atoms with van der Waals surface area (Å²) in [6.07, 6.45) is 3.15. The van der Waals surface area contributed by atoms with Gasteiger partial charge >= 0.3 is 0 Å². The van der Waals surface area contributed by atoms with Crippen LogP contribution in [0.15, 0.2) is 0 Å². The van der Waals surface area contributed by atoms with Crippen molar-refractivity contribution in [1.82, 2.24) is 5.32 Å². The van der Waals surface area contributed by atoms with Crippen LogP contribution >= 0.6 is 0 Å². The highest BCUT2D eigenvalue weighted by molar-refractivity contribution is 4.72. The van der Waals surface area contributed by atoms with Crippen molar-refractivity contribution in [1.29, 1.82) is 0 Å². The maximum Gasteiger partial charge on any atom is 0.0619 e. The van der Waals surface area contributed by atoms with Gasteiger partial charge in [-0.2, -0.15) is 0 Å². The minimum Gasteiger partial charge on any atom is -0.390 e. The van der Waals surface area contributed by atoms with Crippen LogP contribution in [0.4, 0.5) is 0 Å². The summed E-state index contributed by atoms with van der Waals surface area (Å²) in [4.78, 5) is 0. The van der Waals surface area contributed by atoms with Crippen LogP contribution in [0.5, 0.6) is 0 Å². The Morgan fingerprint density at radius 1 is 1.54 bits per heavy atom. The van der Waals surface area contributed by atoms with Crippen molar-refractivity contribution in [3.05, 3.63) is 0 Å². The summed E-state index contributed by atoms with van der Waals surface area (Å²) in [6.45, 7) is 6.28. The van der Waals surface area contributed by atoms with Crippen molar-refractivity contribution in [2.24, 2.45) is 0 Å². The van der Waals surface area contributed by atoms with Gasteiger partial charge in [-0.05, 0) is 39.7 Å². The topological polar surface area (TPSA) is 41.5 Å². The van der Waals surface area contributed by atoms with Gasteiger partial charge in [0.15, 0.2) is 0 Å². The molecule has 1 fully saturated rings. The SMILES string of the molecule is CC(C)(O)CCNC1CCCOC1. The van der Waals surface area contributed by atoms with Gasteiger partial charge in [0, 0.05) is 12.6 Å². The van der Waals surface area contributed by atoms with Crippen molar-refractivity contribution >= 4 is 0 Å². The molecule has 0 bridgehead atoms. The van der Waals surface area contributed by atoms with Gasteiger partial charge in [-0.15, -0.1) is 0 Å². The van der Waals surface area contributed by atoms with Crippen LogP contribution in [0.2, 0.25) is 0 Å². The Kier molecular flexibility index (Phi) is 4.16. The third kappa shape index (κ3) is 5.24. The van der Waals surface area contributed by atoms with Crippen LogP contribution in [0, 0.1) is 0 Å². The summed E-state index contributed by atoms with van der Waals surface area (Å²) in [6, 6.07) is 0.496. The molecule has 0 aromatic rings. The highest BCUT2D eigenvalue weighted by Crippen LogP contribution is 2.08. The van der Waals surface area contributed by atoms with Gasteiger partial charge in [-0.25, -0.2) is 0 Å². The molecule has 0 aliphatic carbocycles. The average molecular weight is 187 g/mol. The van der Waals surface area contributed by atoms with E-state index >= 15 is 0 Å². The third-order valence-corrected chi connectivity index (χ3v) is 2.33. The molecular weight excluding hydrogens is 166 g/mol. The molecule has 1 aliphatic rings. The van der Waals surface area contributed by atoms with Crippen molar-refractivity contribution in [2.75, 3.05) is 19.8 Å². The second-order valence-electron chi connectivity index (χ2n) is 4.43. The molecule has 0 saturated carbocycles. The first-order valence-electron chi connectivity index (χ1n) is 5.11. The molecule has 0 aromatic carbocycles. The predicted octanol–water partition coefficient (Wildman–Crippen LogP) is 0.916. The molecule has 1 unspecified atom stereocenters. The van der Waals surface area contributed by atoms with Gasteiger partial charge in [0.25, 0.3) is 0 Å². The first kappa shape index (κ1) is 11.0. The second-order valence-corrected chi connectivity index (χ2v) is 4.43. The minimum absolute atomic E-state index is 0.496. The Labute approximate surface area is 80.5 Å².